The van der Waals surface area contributed by atoms with E-state index in [9.17, 15) is 0 Å². The van der Waals surface area contributed by atoms with Crippen molar-refractivity contribution in [3.8, 4) is 0 Å². The van der Waals surface area contributed by atoms with Gasteiger partial charge in [-0.05, 0) is 130 Å². The topological polar surface area (TPSA) is 36.9 Å². The molecular formula is C36H66O4Si2. The summed E-state index contributed by atoms with van der Waals surface area (Å²) in [4.78, 5) is 0. The summed E-state index contributed by atoms with van der Waals surface area (Å²) >= 11 is 0. The molecule has 0 aromatic carbocycles. The van der Waals surface area contributed by atoms with Crippen LogP contribution in [0.25, 0.3) is 0 Å². The number of hydrogen-bond donors (Lipinski definition) is 0. The van der Waals surface area contributed by atoms with Gasteiger partial charge in [0.15, 0.2) is 22.4 Å². The van der Waals surface area contributed by atoms with Crippen molar-refractivity contribution in [1.29, 1.82) is 0 Å². The molecule has 0 unspecified atom stereocenters. The van der Waals surface area contributed by atoms with Crippen LogP contribution in [0, 0.1) is 34.5 Å². The van der Waals surface area contributed by atoms with Gasteiger partial charge in [-0.2, -0.15) is 0 Å². The molecular weight excluding hydrogens is 553 g/mol. The smallest absolute Gasteiger partial charge is 0.192 e. The Bertz CT molecular complexity index is 1020. The first-order valence-corrected chi connectivity index (χ1v) is 23.2. The first kappa shape index (κ1) is 33.4. The average Bonchev–Trinajstić information content (AvgIpc) is 3.41. The quantitative estimate of drug-likeness (QED) is 0.210. The number of fused-ring (bicyclic) bond motifs is 8. The molecule has 42 heavy (non-hydrogen) atoms. The van der Waals surface area contributed by atoms with Gasteiger partial charge in [-0.1, -0.05) is 67.0 Å². The second kappa shape index (κ2) is 11.1. The van der Waals surface area contributed by atoms with E-state index in [-0.39, 0.29) is 28.1 Å². The number of ether oxygens (including phenoxy) is 2. The SMILES string of the molecule is C/C=C1/CC[C@H]2[C@@H]3[C@H]4OC(C)(C)O[C@@H]4[C@H]4C[C@@H](O[Si](C)(C)C(C)(C)C)CC[C@]4(C)[C@H]3[C@@H](O[Si](CC)(CC)CC)C[C@]12C. The maximum Gasteiger partial charge on any atom is 0.192 e. The zero-order valence-corrected chi connectivity index (χ0v) is 31.7. The van der Waals surface area contributed by atoms with E-state index in [1.807, 2.05) is 0 Å². The molecule has 0 aromatic rings. The maximum absolute atomic E-state index is 7.72. The van der Waals surface area contributed by atoms with Crippen LogP contribution in [0.2, 0.25) is 36.3 Å². The Balaban J connectivity index is 1.59. The van der Waals surface area contributed by atoms with Crippen LogP contribution in [0.15, 0.2) is 11.6 Å². The summed E-state index contributed by atoms with van der Waals surface area (Å²) in [5.41, 5.74) is 2.04. The van der Waals surface area contributed by atoms with Gasteiger partial charge in [-0.25, -0.2) is 0 Å². The molecule has 5 rings (SSSR count). The Morgan fingerprint density at radius 1 is 0.905 bits per heavy atom. The Morgan fingerprint density at radius 2 is 1.52 bits per heavy atom. The van der Waals surface area contributed by atoms with E-state index >= 15 is 0 Å². The first-order valence-electron chi connectivity index (χ1n) is 17.8. The number of rotatable bonds is 7. The van der Waals surface area contributed by atoms with E-state index in [0.29, 0.717) is 35.9 Å². The molecule has 0 amide bonds. The van der Waals surface area contributed by atoms with Crippen LogP contribution in [-0.4, -0.2) is 46.8 Å². The zero-order chi connectivity index (χ0) is 31.1. The van der Waals surface area contributed by atoms with Gasteiger partial charge in [-0.15, -0.1) is 0 Å². The van der Waals surface area contributed by atoms with E-state index < -0.39 is 22.4 Å². The van der Waals surface area contributed by atoms with Crippen LogP contribution < -0.4 is 0 Å². The minimum absolute atomic E-state index is 0.139. The maximum atomic E-state index is 7.72. The third-order valence-electron chi connectivity index (χ3n) is 14.2. The van der Waals surface area contributed by atoms with Gasteiger partial charge in [0.25, 0.3) is 0 Å². The zero-order valence-electron chi connectivity index (χ0n) is 29.7. The summed E-state index contributed by atoms with van der Waals surface area (Å²) in [5.74, 6) is 1.53. The third kappa shape index (κ3) is 5.22. The van der Waals surface area contributed by atoms with Crippen molar-refractivity contribution in [2.24, 2.45) is 34.5 Å². The highest BCUT2D eigenvalue weighted by Gasteiger charge is 2.70. The van der Waals surface area contributed by atoms with Gasteiger partial charge in [0, 0.05) is 12.2 Å². The van der Waals surface area contributed by atoms with Crippen molar-refractivity contribution < 1.29 is 18.3 Å². The van der Waals surface area contributed by atoms with Crippen LogP contribution in [0.1, 0.15) is 115 Å². The summed E-state index contributed by atoms with van der Waals surface area (Å²) in [7, 11) is -3.69. The molecule has 5 fully saturated rings. The molecule has 1 aliphatic heterocycles. The fourth-order valence-corrected chi connectivity index (χ4v) is 15.0. The highest BCUT2D eigenvalue weighted by Crippen LogP contribution is 2.70. The molecule has 4 saturated carbocycles. The molecule has 242 valence electrons. The van der Waals surface area contributed by atoms with Crippen LogP contribution in [0.3, 0.4) is 0 Å². The lowest BCUT2D eigenvalue weighted by molar-refractivity contribution is -0.212. The molecule has 1 saturated heterocycles. The molecule has 0 bridgehead atoms. The van der Waals surface area contributed by atoms with Crippen LogP contribution in [0.5, 0.6) is 0 Å². The molecule has 1 heterocycles. The minimum atomic E-state index is -1.87. The average molecular weight is 619 g/mol. The predicted octanol–water partition coefficient (Wildman–Crippen LogP) is 10.1. The highest BCUT2D eigenvalue weighted by molar-refractivity contribution is 6.74. The van der Waals surface area contributed by atoms with E-state index in [2.05, 4.69) is 95.3 Å². The Labute approximate surface area is 261 Å². The Kier molecular flexibility index (Phi) is 8.80. The standard InChI is InChI=1S/C36H66O4Si2/c1-14-24-18-19-26-29-30(28(23-36(24,26)11)40-42(15-2,16-3)17-4)35(10)21-20-25(39-41(12,13)33(5,6)7)22-27(35)31-32(29)38-34(8,9)37-31/h14,25-32H,15-23H2,1-13H3/b24-14-/t25-,26-,27+,28-,29-,30-,31+,32+,35-,36+/m0/s1. The molecule has 4 nitrogen and oxygen atoms in total. The van der Waals surface area contributed by atoms with E-state index in [0.717, 1.165) is 12.8 Å². The van der Waals surface area contributed by atoms with Gasteiger partial charge in [-0.3, -0.25) is 0 Å². The monoisotopic (exact) mass is 618 g/mol. The lowest BCUT2D eigenvalue weighted by Gasteiger charge is -2.65. The van der Waals surface area contributed by atoms with Gasteiger partial charge in [0.05, 0.1) is 12.2 Å². The Hall–Kier alpha value is 0.0138. The molecule has 0 spiro atoms. The van der Waals surface area contributed by atoms with Crippen molar-refractivity contribution >= 4 is 16.6 Å². The summed E-state index contributed by atoms with van der Waals surface area (Å²) in [5, 5.41) is 0.219. The van der Waals surface area contributed by atoms with Gasteiger partial charge in [0.2, 0.25) is 0 Å². The number of hydrogen-bond acceptors (Lipinski definition) is 4. The largest absolute Gasteiger partial charge is 0.414 e. The molecule has 0 N–H and O–H groups in total. The molecule has 10 atom stereocenters. The first-order chi connectivity index (χ1) is 19.4. The van der Waals surface area contributed by atoms with Crippen LogP contribution in [0.4, 0.5) is 0 Å². The Morgan fingerprint density at radius 3 is 2.10 bits per heavy atom. The van der Waals surface area contributed by atoms with Gasteiger partial charge in [0.1, 0.15) is 0 Å². The second-order valence-electron chi connectivity index (χ2n) is 17.5. The van der Waals surface area contributed by atoms with Crippen molar-refractivity contribution in [3.05, 3.63) is 11.6 Å². The van der Waals surface area contributed by atoms with Crippen molar-refractivity contribution in [2.45, 2.75) is 181 Å². The van der Waals surface area contributed by atoms with Gasteiger partial charge < -0.3 is 18.3 Å². The highest BCUT2D eigenvalue weighted by atomic mass is 28.4. The van der Waals surface area contributed by atoms with Crippen molar-refractivity contribution in [1.82, 2.24) is 0 Å². The molecule has 4 aliphatic carbocycles. The molecule has 0 radical (unpaired) electrons. The molecule has 6 heteroatoms. The normalized spacial score (nSPS) is 44.5. The van der Waals surface area contributed by atoms with Crippen molar-refractivity contribution in [3.63, 3.8) is 0 Å². The van der Waals surface area contributed by atoms with Gasteiger partial charge >= 0.3 is 0 Å². The molecule has 5 aliphatic rings. The fraction of sp³-hybridized carbons (Fsp3) is 0.944. The second-order valence-corrected chi connectivity index (χ2v) is 27.0. The summed E-state index contributed by atoms with van der Waals surface area (Å²) in [6.07, 6.45) is 10.5. The fourth-order valence-electron chi connectivity index (χ4n) is 10.7. The minimum Gasteiger partial charge on any atom is -0.414 e. The third-order valence-corrected chi connectivity index (χ3v) is 23.4. The van der Waals surface area contributed by atoms with Crippen LogP contribution in [-0.2, 0) is 18.3 Å². The lowest BCUT2D eigenvalue weighted by Crippen LogP contribution is -2.68. The summed E-state index contributed by atoms with van der Waals surface area (Å²) in [6, 6.07) is 3.64. The number of allylic oxidation sites excluding steroid dienone is 2. The lowest BCUT2D eigenvalue weighted by atomic mass is 9.43. The van der Waals surface area contributed by atoms with Crippen LogP contribution >= 0.6 is 0 Å². The van der Waals surface area contributed by atoms with E-state index in [1.54, 1.807) is 5.57 Å². The van der Waals surface area contributed by atoms with Crippen molar-refractivity contribution in [2.75, 3.05) is 0 Å². The molecule has 0 aromatic heterocycles. The van der Waals surface area contributed by atoms with E-state index in [1.165, 1.54) is 43.8 Å². The summed E-state index contributed by atoms with van der Waals surface area (Å²) in [6.45, 7) is 31.0. The van der Waals surface area contributed by atoms with E-state index in [4.69, 9.17) is 18.3 Å². The summed E-state index contributed by atoms with van der Waals surface area (Å²) < 4.78 is 28.9. The predicted molar refractivity (Wildman–Crippen MR) is 180 cm³/mol.